The molecule has 18 heavy (non-hydrogen) atoms. The first kappa shape index (κ1) is 14.1. The summed E-state index contributed by atoms with van der Waals surface area (Å²) in [6, 6.07) is 0. The lowest BCUT2D eigenvalue weighted by Gasteiger charge is -1.99. The number of aliphatic hydroxyl groups excluding tert-OH is 2. The zero-order chi connectivity index (χ0) is 14.0. The number of ketones is 2. The van der Waals surface area contributed by atoms with Crippen LogP contribution in [0.2, 0.25) is 0 Å². The summed E-state index contributed by atoms with van der Waals surface area (Å²) in [6.07, 6.45) is -0.991. The molecule has 0 saturated heterocycles. The van der Waals surface area contributed by atoms with E-state index in [1.165, 1.54) is 0 Å². The normalized spacial score (nSPS) is 26.9. The molecule has 0 aromatic rings. The van der Waals surface area contributed by atoms with Gasteiger partial charge in [-0.1, -0.05) is 0 Å². The van der Waals surface area contributed by atoms with E-state index in [1.807, 2.05) is 0 Å². The molecule has 2 heterocycles. The van der Waals surface area contributed by atoms with Gasteiger partial charge in [0.1, 0.15) is 11.5 Å². The Morgan fingerprint density at radius 3 is 1.78 bits per heavy atom. The second-order valence-corrected chi connectivity index (χ2v) is 4.06. The van der Waals surface area contributed by atoms with Crippen molar-refractivity contribution in [2.75, 3.05) is 0 Å². The average Bonchev–Trinajstić information content (AvgIpc) is 2.66. The smallest absolute Gasteiger partial charge is 0.240 e. The number of hydrogen-bond acceptors (Lipinski definition) is 6. The van der Waals surface area contributed by atoms with Crippen molar-refractivity contribution in [1.82, 2.24) is 0 Å². The fourth-order valence-corrected chi connectivity index (χ4v) is 1.48. The number of carbonyl (C=O) groups excluding carboxylic acids is 2. The van der Waals surface area contributed by atoms with E-state index in [0.717, 1.165) is 0 Å². The highest BCUT2D eigenvalue weighted by Crippen LogP contribution is 2.18. The highest BCUT2D eigenvalue weighted by molar-refractivity contribution is 5.99. The van der Waals surface area contributed by atoms with Crippen molar-refractivity contribution < 1.29 is 29.3 Å². The van der Waals surface area contributed by atoms with Crippen LogP contribution < -0.4 is 0 Å². The van der Waals surface area contributed by atoms with E-state index in [1.54, 1.807) is 27.7 Å². The van der Waals surface area contributed by atoms with Crippen molar-refractivity contribution in [1.29, 1.82) is 0 Å². The van der Waals surface area contributed by atoms with Gasteiger partial charge in [0.15, 0.2) is 12.2 Å². The molecule has 0 aromatic heterocycles. The molecular formula is C12H16O6. The largest absolute Gasteiger partial charge is 0.502 e. The summed E-state index contributed by atoms with van der Waals surface area (Å²) in [5.41, 5.74) is 0. The van der Waals surface area contributed by atoms with Gasteiger partial charge in [-0.15, -0.1) is 0 Å². The number of aliphatic hydroxyl groups is 2. The molecule has 0 aliphatic carbocycles. The van der Waals surface area contributed by atoms with Gasteiger partial charge < -0.3 is 19.7 Å². The van der Waals surface area contributed by atoms with Gasteiger partial charge in [0.2, 0.25) is 23.1 Å². The third-order valence-corrected chi connectivity index (χ3v) is 2.58. The molecule has 0 amide bonds. The van der Waals surface area contributed by atoms with Crippen molar-refractivity contribution in [2.24, 2.45) is 0 Å². The first-order valence-corrected chi connectivity index (χ1v) is 5.47. The molecular weight excluding hydrogens is 244 g/mol. The summed E-state index contributed by atoms with van der Waals surface area (Å²) in [6.45, 7) is 6.34. The molecule has 2 aliphatic heterocycles. The number of hydrogen-bond donors (Lipinski definition) is 2. The fourth-order valence-electron chi connectivity index (χ4n) is 1.48. The van der Waals surface area contributed by atoms with Crippen LogP contribution in [-0.4, -0.2) is 34.0 Å². The fraction of sp³-hybridized carbons (Fsp3) is 0.500. The summed E-state index contributed by atoms with van der Waals surface area (Å²) in [5.74, 6) is -0.468. The Morgan fingerprint density at radius 1 is 1.11 bits per heavy atom. The zero-order valence-corrected chi connectivity index (χ0v) is 10.7. The lowest BCUT2D eigenvalue weighted by molar-refractivity contribution is -0.122. The maximum absolute atomic E-state index is 10.7. The van der Waals surface area contributed by atoms with Crippen LogP contribution in [-0.2, 0) is 19.1 Å². The van der Waals surface area contributed by atoms with E-state index in [4.69, 9.17) is 19.7 Å². The molecule has 2 aliphatic rings. The number of rotatable bonds is 0. The van der Waals surface area contributed by atoms with E-state index < -0.39 is 12.2 Å². The number of ether oxygens (including phenoxy) is 2. The summed E-state index contributed by atoms with van der Waals surface area (Å²) >= 11 is 0. The van der Waals surface area contributed by atoms with Crippen LogP contribution in [0.25, 0.3) is 0 Å². The van der Waals surface area contributed by atoms with E-state index in [9.17, 15) is 9.59 Å². The molecule has 0 bridgehead atoms. The molecule has 2 atom stereocenters. The van der Waals surface area contributed by atoms with E-state index in [0.29, 0.717) is 11.5 Å². The molecule has 100 valence electrons. The van der Waals surface area contributed by atoms with Crippen molar-refractivity contribution in [3.05, 3.63) is 23.0 Å². The Labute approximate surface area is 105 Å². The highest BCUT2D eigenvalue weighted by Gasteiger charge is 2.29. The van der Waals surface area contributed by atoms with Crippen molar-refractivity contribution in [2.45, 2.75) is 39.9 Å². The minimum Gasteiger partial charge on any atom is -0.502 e. The Kier molecular flexibility index (Phi) is 4.00. The average molecular weight is 260 g/mol. The summed E-state index contributed by atoms with van der Waals surface area (Å²) < 4.78 is 9.73. The molecule has 2 unspecified atom stereocenters. The predicted octanol–water partition coefficient (Wildman–Crippen LogP) is 1.53. The monoisotopic (exact) mass is 260 g/mol. The Morgan fingerprint density at radius 2 is 1.67 bits per heavy atom. The van der Waals surface area contributed by atoms with Gasteiger partial charge in [0.05, 0.1) is 0 Å². The Bertz CT molecular complexity index is 403. The number of Topliss-reactive ketones (excluding diaryl/α,β-unsaturated/α-hetero) is 2. The SMILES string of the molecule is CC1=C(O)C(=O)C([14CH3])O1.CC1OC([14CH3])=C(O)C1=O. The van der Waals surface area contributed by atoms with Crippen LogP contribution in [0, 0.1) is 0 Å². The van der Waals surface area contributed by atoms with Gasteiger partial charge in [-0.3, -0.25) is 9.59 Å². The van der Waals surface area contributed by atoms with Crippen LogP contribution in [0.1, 0.15) is 27.7 Å². The van der Waals surface area contributed by atoms with Crippen molar-refractivity contribution in [3.63, 3.8) is 0 Å². The van der Waals surface area contributed by atoms with E-state index >= 15 is 0 Å². The molecule has 0 radical (unpaired) electrons. The van der Waals surface area contributed by atoms with Crippen LogP contribution in [0.4, 0.5) is 0 Å². The van der Waals surface area contributed by atoms with E-state index in [-0.39, 0.29) is 23.1 Å². The minimum absolute atomic E-state index is 0.234. The van der Waals surface area contributed by atoms with Crippen LogP contribution in [0.3, 0.4) is 0 Å². The van der Waals surface area contributed by atoms with Crippen molar-refractivity contribution >= 4 is 11.6 Å². The van der Waals surface area contributed by atoms with Gasteiger partial charge in [-0.2, -0.15) is 0 Å². The van der Waals surface area contributed by atoms with Gasteiger partial charge >= 0.3 is 0 Å². The molecule has 2 rings (SSSR count). The lowest BCUT2D eigenvalue weighted by atomic mass is 10.2. The molecule has 6 heteroatoms. The van der Waals surface area contributed by atoms with Crippen LogP contribution in [0.15, 0.2) is 23.0 Å². The van der Waals surface area contributed by atoms with Crippen molar-refractivity contribution in [3.8, 4) is 0 Å². The van der Waals surface area contributed by atoms with Crippen LogP contribution in [0.5, 0.6) is 0 Å². The molecule has 0 aromatic carbocycles. The highest BCUT2D eigenvalue weighted by atomic mass is 16.5. The molecule has 6 nitrogen and oxygen atoms in total. The van der Waals surface area contributed by atoms with Gasteiger partial charge in [0.25, 0.3) is 0 Å². The standard InChI is InChI=1S/2C6H8O3/c2*1-3-5(7)6(8)4(2)9-3/h2*3,8H,1-2H3/i2+2;1+2. The lowest BCUT2D eigenvalue weighted by Crippen LogP contribution is -2.12. The van der Waals surface area contributed by atoms with Gasteiger partial charge in [0, 0.05) is 0 Å². The molecule has 0 fully saturated rings. The summed E-state index contributed by atoms with van der Waals surface area (Å²) in [7, 11) is 0. The zero-order valence-electron chi connectivity index (χ0n) is 10.7. The molecule has 2 N–H and O–H groups in total. The van der Waals surface area contributed by atoms with Crippen LogP contribution >= 0.6 is 0 Å². The Balaban J connectivity index is 0.000000180. The second-order valence-electron chi connectivity index (χ2n) is 4.06. The Hall–Kier alpha value is -1.98. The topological polar surface area (TPSA) is 93.1 Å². The second kappa shape index (κ2) is 5.12. The molecule has 0 saturated carbocycles. The number of allylic oxidation sites excluding steroid dienone is 2. The quantitative estimate of drug-likeness (QED) is 0.686. The first-order valence-electron chi connectivity index (χ1n) is 5.47. The third-order valence-electron chi connectivity index (χ3n) is 2.58. The van der Waals surface area contributed by atoms with Gasteiger partial charge in [-0.25, -0.2) is 0 Å². The first-order chi connectivity index (χ1) is 8.25. The maximum atomic E-state index is 10.7. The van der Waals surface area contributed by atoms with Gasteiger partial charge in [-0.05, 0) is 27.7 Å². The summed E-state index contributed by atoms with van der Waals surface area (Å²) in [4.78, 5) is 21.4. The predicted molar refractivity (Wildman–Crippen MR) is 61.8 cm³/mol. The third kappa shape index (κ3) is 2.64. The van der Waals surface area contributed by atoms with E-state index in [2.05, 4.69) is 0 Å². The summed E-state index contributed by atoms with van der Waals surface area (Å²) in [5, 5.41) is 17.7. The molecule has 0 spiro atoms. The number of carbonyl (C=O) groups is 2. The minimum atomic E-state index is -0.495. The maximum Gasteiger partial charge on any atom is 0.240 e.